The van der Waals surface area contributed by atoms with E-state index in [0.717, 1.165) is 19.5 Å². The highest BCUT2D eigenvalue weighted by Crippen LogP contribution is 2.24. The van der Waals surface area contributed by atoms with Crippen LogP contribution >= 0.6 is 0 Å². The predicted octanol–water partition coefficient (Wildman–Crippen LogP) is 2.22. The molecule has 1 saturated carbocycles. The van der Waals surface area contributed by atoms with E-state index < -0.39 is 10.0 Å². The summed E-state index contributed by atoms with van der Waals surface area (Å²) in [5.41, 5.74) is 0. The Morgan fingerprint density at radius 1 is 1.16 bits per heavy atom. The van der Waals surface area contributed by atoms with Crippen LogP contribution in [0, 0.1) is 5.92 Å². The topological polar surface area (TPSA) is 49.4 Å². The number of hydrogen-bond acceptors (Lipinski definition) is 3. The molecular weight excluding hydrogens is 260 g/mol. The number of rotatable bonds is 9. The minimum atomic E-state index is -3.05. The summed E-state index contributed by atoms with van der Waals surface area (Å²) >= 11 is 0. The zero-order valence-electron chi connectivity index (χ0n) is 12.5. The first-order valence-corrected chi connectivity index (χ1v) is 9.32. The van der Waals surface area contributed by atoms with Crippen molar-refractivity contribution in [2.24, 2.45) is 5.92 Å². The third-order valence-corrected chi connectivity index (χ3v) is 5.80. The van der Waals surface area contributed by atoms with Gasteiger partial charge in [-0.1, -0.05) is 26.2 Å². The highest BCUT2D eigenvalue weighted by Gasteiger charge is 2.22. The van der Waals surface area contributed by atoms with Crippen LogP contribution in [0.1, 0.15) is 51.9 Å². The van der Waals surface area contributed by atoms with Gasteiger partial charge in [-0.05, 0) is 44.7 Å². The lowest BCUT2D eigenvalue weighted by Gasteiger charge is -2.26. The van der Waals surface area contributed by atoms with E-state index >= 15 is 0 Å². The molecule has 1 rings (SSSR count). The largest absolute Gasteiger partial charge is 0.317 e. The van der Waals surface area contributed by atoms with Gasteiger partial charge in [0.05, 0.1) is 5.75 Å². The molecule has 0 heterocycles. The van der Waals surface area contributed by atoms with Crippen LogP contribution in [-0.4, -0.2) is 45.2 Å². The Morgan fingerprint density at radius 2 is 1.84 bits per heavy atom. The molecule has 0 bridgehead atoms. The second-order valence-electron chi connectivity index (χ2n) is 5.70. The zero-order chi connectivity index (χ0) is 14.1. The average Bonchev–Trinajstić information content (AvgIpc) is 2.39. The molecule has 0 saturated heterocycles. The standard InChI is InChI=1S/C14H30N2O2S/c1-3-10-15-11-7-12-19(17,18)16(2)13-14-8-5-4-6-9-14/h14-15H,3-13H2,1-2H3. The van der Waals surface area contributed by atoms with Gasteiger partial charge < -0.3 is 5.32 Å². The van der Waals surface area contributed by atoms with Crippen molar-refractivity contribution in [2.75, 3.05) is 32.4 Å². The molecule has 0 aromatic rings. The van der Waals surface area contributed by atoms with Crippen LogP contribution in [0.2, 0.25) is 0 Å². The van der Waals surface area contributed by atoms with E-state index in [2.05, 4.69) is 12.2 Å². The summed E-state index contributed by atoms with van der Waals surface area (Å²) in [4.78, 5) is 0. The van der Waals surface area contributed by atoms with Crippen molar-refractivity contribution in [2.45, 2.75) is 51.9 Å². The van der Waals surface area contributed by atoms with E-state index in [0.29, 0.717) is 18.9 Å². The van der Waals surface area contributed by atoms with Gasteiger partial charge in [-0.15, -0.1) is 0 Å². The molecule has 0 aromatic heterocycles. The van der Waals surface area contributed by atoms with E-state index in [4.69, 9.17) is 0 Å². The maximum atomic E-state index is 12.1. The van der Waals surface area contributed by atoms with Crippen molar-refractivity contribution in [3.05, 3.63) is 0 Å². The molecule has 0 amide bonds. The van der Waals surface area contributed by atoms with E-state index in [-0.39, 0.29) is 5.75 Å². The number of sulfonamides is 1. The highest BCUT2D eigenvalue weighted by molar-refractivity contribution is 7.89. The molecule has 0 radical (unpaired) electrons. The van der Waals surface area contributed by atoms with Crippen molar-refractivity contribution in [1.29, 1.82) is 0 Å². The lowest BCUT2D eigenvalue weighted by Crippen LogP contribution is -2.35. The maximum absolute atomic E-state index is 12.1. The quantitative estimate of drug-likeness (QED) is 0.662. The third-order valence-electron chi connectivity index (χ3n) is 3.90. The first-order valence-electron chi connectivity index (χ1n) is 7.71. The molecule has 0 aliphatic heterocycles. The van der Waals surface area contributed by atoms with Gasteiger partial charge in [-0.25, -0.2) is 12.7 Å². The van der Waals surface area contributed by atoms with Gasteiger partial charge >= 0.3 is 0 Å². The highest BCUT2D eigenvalue weighted by atomic mass is 32.2. The second kappa shape index (κ2) is 8.93. The maximum Gasteiger partial charge on any atom is 0.213 e. The van der Waals surface area contributed by atoms with E-state index in [9.17, 15) is 8.42 Å². The first-order chi connectivity index (χ1) is 9.06. The minimum Gasteiger partial charge on any atom is -0.317 e. The molecule has 4 nitrogen and oxygen atoms in total. The Hall–Kier alpha value is -0.130. The van der Waals surface area contributed by atoms with Crippen LogP contribution in [0.3, 0.4) is 0 Å². The summed E-state index contributed by atoms with van der Waals surface area (Å²) < 4.78 is 25.9. The molecule has 1 aliphatic rings. The molecule has 0 spiro atoms. The van der Waals surface area contributed by atoms with Crippen LogP contribution in [0.5, 0.6) is 0 Å². The van der Waals surface area contributed by atoms with Crippen molar-refractivity contribution in [3.8, 4) is 0 Å². The smallest absolute Gasteiger partial charge is 0.213 e. The van der Waals surface area contributed by atoms with Gasteiger partial charge in [-0.3, -0.25) is 0 Å². The summed E-state index contributed by atoms with van der Waals surface area (Å²) in [6, 6.07) is 0. The molecular formula is C14H30N2O2S. The minimum absolute atomic E-state index is 0.271. The molecule has 1 aliphatic carbocycles. The van der Waals surface area contributed by atoms with Gasteiger partial charge in [0.1, 0.15) is 0 Å². The van der Waals surface area contributed by atoms with Crippen molar-refractivity contribution in [1.82, 2.24) is 9.62 Å². The molecule has 0 atom stereocenters. The lowest BCUT2D eigenvalue weighted by molar-refractivity contribution is 0.300. The molecule has 19 heavy (non-hydrogen) atoms. The average molecular weight is 290 g/mol. The van der Waals surface area contributed by atoms with Crippen molar-refractivity contribution >= 4 is 10.0 Å². The summed E-state index contributed by atoms with van der Waals surface area (Å²) in [7, 11) is -1.31. The summed E-state index contributed by atoms with van der Waals surface area (Å²) in [6.07, 6.45) is 8.02. The third kappa shape index (κ3) is 6.72. The van der Waals surface area contributed by atoms with E-state index in [1.807, 2.05) is 0 Å². The van der Waals surface area contributed by atoms with Crippen LogP contribution in [0.15, 0.2) is 0 Å². The second-order valence-corrected chi connectivity index (χ2v) is 7.90. The number of hydrogen-bond donors (Lipinski definition) is 1. The van der Waals surface area contributed by atoms with Crippen LogP contribution < -0.4 is 5.32 Å². The van der Waals surface area contributed by atoms with Gasteiger partial charge in [-0.2, -0.15) is 0 Å². The molecule has 1 N–H and O–H groups in total. The Kier molecular flexibility index (Phi) is 7.95. The monoisotopic (exact) mass is 290 g/mol. The summed E-state index contributed by atoms with van der Waals surface area (Å²) in [5.74, 6) is 0.846. The van der Waals surface area contributed by atoms with Gasteiger partial charge in [0.15, 0.2) is 0 Å². The zero-order valence-corrected chi connectivity index (χ0v) is 13.3. The molecule has 0 aromatic carbocycles. The van der Waals surface area contributed by atoms with Gasteiger partial charge in [0.2, 0.25) is 10.0 Å². The van der Waals surface area contributed by atoms with E-state index in [1.165, 1.54) is 32.1 Å². The molecule has 0 unspecified atom stereocenters. The van der Waals surface area contributed by atoms with Crippen LogP contribution in [0.25, 0.3) is 0 Å². The SMILES string of the molecule is CCCNCCCS(=O)(=O)N(C)CC1CCCCC1. The number of nitrogens with zero attached hydrogens (tertiary/aromatic N) is 1. The summed E-state index contributed by atoms with van der Waals surface area (Å²) in [6.45, 7) is 4.59. The molecule has 114 valence electrons. The van der Waals surface area contributed by atoms with Gasteiger partial charge in [0.25, 0.3) is 0 Å². The molecule has 5 heteroatoms. The lowest BCUT2D eigenvalue weighted by atomic mass is 9.89. The molecule has 1 fully saturated rings. The van der Waals surface area contributed by atoms with E-state index in [1.54, 1.807) is 11.4 Å². The summed E-state index contributed by atoms with van der Waals surface area (Å²) in [5, 5.41) is 3.24. The fourth-order valence-electron chi connectivity index (χ4n) is 2.68. The fourth-order valence-corrected chi connectivity index (χ4v) is 3.94. The Morgan fingerprint density at radius 3 is 2.47 bits per heavy atom. The van der Waals surface area contributed by atoms with Gasteiger partial charge in [0, 0.05) is 13.6 Å². The Labute approximate surface area is 119 Å². The normalized spacial score (nSPS) is 18.1. The van der Waals surface area contributed by atoms with Crippen LogP contribution in [0.4, 0.5) is 0 Å². The number of nitrogens with one attached hydrogen (secondary N) is 1. The fraction of sp³-hybridized carbons (Fsp3) is 1.00. The Bertz CT molecular complexity index is 324. The van der Waals surface area contributed by atoms with Crippen molar-refractivity contribution in [3.63, 3.8) is 0 Å². The Balaban J connectivity index is 2.25. The van der Waals surface area contributed by atoms with Crippen LogP contribution in [-0.2, 0) is 10.0 Å². The predicted molar refractivity (Wildman–Crippen MR) is 80.8 cm³/mol. The van der Waals surface area contributed by atoms with Crippen molar-refractivity contribution < 1.29 is 8.42 Å². The first kappa shape index (κ1) is 16.9.